The van der Waals surface area contributed by atoms with Gasteiger partial charge in [0.1, 0.15) is 0 Å². The van der Waals surface area contributed by atoms with Crippen LogP contribution in [0.4, 0.5) is 5.69 Å². The van der Waals surface area contributed by atoms with Crippen molar-refractivity contribution in [3.8, 4) is 12.3 Å². The fraction of sp³-hybridized carbons (Fsp3) is 0.250. The van der Waals surface area contributed by atoms with Gasteiger partial charge in [0.05, 0.1) is 6.04 Å². The number of hydrogen-bond acceptors (Lipinski definition) is 2. The molecule has 78 valence electrons. The fourth-order valence-electron chi connectivity index (χ4n) is 1.20. The summed E-state index contributed by atoms with van der Waals surface area (Å²) < 4.78 is 0. The van der Waals surface area contributed by atoms with E-state index in [2.05, 4.69) is 11.2 Å². The average molecular weight is 202 g/mol. The number of nitrogens with one attached hydrogen (secondary N) is 1. The third kappa shape index (κ3) is 2.75. The molecule has 0 spiro atoms. The van der Waals surface area contributed by atoms with Gasteiger partial charge in [0.25, 0.3) is 5.91 Å². The van der Waals surface area contributed by atoms with E-state index >= 15 is 0 Å². The van der Waals surface area contributed by atoms with Crippen molar-refractivity contribution in [2.24, 2.45) is 0 Å². The molecule has 0 bridgehead atoms. The van der Waals surface area contributed by atoms with Crippen LogP contribution in [0.2, 0.25) is 0 Å². The van der Waals surface area contributed by atoms with E-state index in [4.69, 9.17) is 12.2 Å². The highest BCUT2D eigenvalue weighted by Crippen LogP contribution is 2.12. The quantitative estimate of drug-likeness (QED) is 0.561. The average Bonchev–Trinajstić information content (AvgIpc) is 2.21. The lowest BCUT2D eigenvalue weighted by atomic mass is 10.1. The highest BCUT2D eigenvalue weighted by molar-refractivity contribution is 5.96. The Hall–Kier alpha value is -1.95. The molecule has 1 aromatic rings. The molecule has 0 saturated carbocycles. The first-order valence-electron chi connectivity index (χ1n) is 4.67. The highest BCUT2D eigenvalue weighted by Gasteiger charge is 2.10. The summed E-state index contributed by atoms with van der Waals surface area (Å²) in [5.41, 5.74) is 7.62. The van der Waals surface area contributed by atoms with Crippen molar-refractivity contribution in [1.29, 1.82) is 0 Å². The van der Waals surface area contributed by atoms with Crippen LogP contribution in [0.3, 0.4) is 0 Å². The zero-order chi connectivity index (χ0) is 11.4. The Bertz CT molecular complexity index is 418. The molecule has 0 aromatic heterocycles. The van der Waals surface area contributed by atoms with Crippen molar-refractivity contribution in [3.05, 3.63) is 29.3 Å². The van der Waals surface area contributed by atoms with Gasteiger partial charge in [-0.15, -0.1) is 6.42 Å². The van der Waals surface area contributed by atoms with Crippen LogP contribution in [0.15, 0.2) is 18.2 Å². The molecule has 15 heavy (non-hydrogen) atoms. The van der Waals surface area contributed by atoms with E-state index < -0.39 is 0 Å². The molecule has 1 aromatic carbocycles. The Morgan fingerprint density at radius 3 is 2.87 bits per heavy atom. The Balaban J connectivity index is 2.92. The SMILES string of the molecule is C#CC(C)NC(=O)c1cc(N)ccc1C. The second-order valence-corrected chi connectivity index (χ2v) is 3.44. The Morgan fingerprint density at radius 1 is 1.60 bits per heavy atom. The molecule has 0 fully saturated rings. The first-order valence-corrected chi connectivity index (χ1v) is 4.67. The first kappa shape index (κ1) is 11.1. The molecule has 0 radical (unpaired) electrons. The maximum atomic E-state index is 11.7. The maximum absolute atomic E-state index is 11.7. The third-order valence-electron chi connectivity index (χ3n) is 2.10. The minimum atomic E-state index is -0.279. The van der Waals surface area contributed by atoms with E-state index in [9.17, 15) is 4.79 Å². The molecule has 3 nitrogen and oxygen atoms in total. The van der Waals surface area contributed by atoms with Crippen LogP contribution in [-0.2, 0) is 0 Å². The molecule has 1 rings (SSSR count). The first-order chi connectivity index (χ1) is 7.04. The second-order valence-electron chi connectivity index (χ2n) is 3.44. The number of amides is 1. The second kappa shape index (κ2) is 4.52. The predicted octanol–water partition coefficient (Wildman–Crippen LogP) is 1.33. The summed E-state index contributed by atoms with van der Waals surface area (Å²) in [4.78, 5) is 11.7. The van der Waals surface area contributed by atoms with Crippen molar-refractivity contribution in [3.63, 3.8) is 0 Å². The van der Waals surface area contributed by atoms with Gasteiger partial charge in [-0.3, -0.25) is 4.79 Å². The van der Waals surface area contributed by atoms with Crippen LogP contribution >= 0.6 is 0 Å². The Morgan fingerprint density at radius 2 is 2.27 bits per heavy atom. The number of nitrogens with two attached hydrogens (primary N) is 1. The third-order valence-corrected chi connectivity index (χ3v) is 2.10. The summed E-state index contributed by atoms with van der Waals surface area (Å²) in [5.74, 6) is 2.25. The molecular weight excluding hydrogens is 188 g/mol. The van der Waals surface area contributed by atoms with E-state index in [-0.39, 0.29) is 11.9 Å². The molecule has 0 aliphatic heterocycles. The number of carbonyl (C=O) groups excluding carboxylic acids is 1. The van der Waals surface area contributed by atoms with Crippen molar-refractivity contribution in [2.75, 3.05) is 5.73 Å². The number of rotatable bonds is 2. The zero-order valence-corrected chi connectivity index (χ0v) is 8.87. The maximum Gasteiger partial charge on any atom is 0.252 e. The number of nitrogen functional groups attached to an aromatic ring is 1. The summed E-state index contributed by atoms with van der Waals surface area (Å²) in [6, 6.07) is 4.94. The molecular formula is C12H14N2O. The predicted molar refractivity (Wildman–Crippen MR) is 61.4 cm³/mol. The summed E-state index contributed by atoms with van der Waals surface area (Å²) in [5, 5.41) is 2.68. The number of hydrogen-bond donors (Lipinski definition) is 2. The summed E-state index contributed by atoms with van der Waals surface area (Å²) in [6.45, 7) is 3.61. The topological polar surface area (TPSA) is 55.1 Å². The van der Waals surface area contributed by atoms with Crippen LogP contribution < -0.4 is 11.1 Å². The van der Waals surface area contributed by atoms with Gasteiger partial charge < -0.3 is 11.1 Å². The minimum Gasteiger partial charge on any atom is -0.399 e. The molecule has 0 heterocycles. The fourth-order valence-corrected chi connectivity index (χ4v) is 1.20. The Labute approximate surface area is 89.7 Å². The van der Waals surface area contributed by atoms with Crippen LogP contribution in [0.5, 0.6) is 0 Å². The van der Waals surface area contributed by atoms with Crippen LogP contribution in [0, 0.1) is 19.3 Å². The molecule has 1 unspecified atom stereocenters. The van der Waals surface area contributed by atoms with E-state index in [0.29, 0.717) is 11.3 Å². The zero-order valence-electron chi connectivity index (χ0n) is 8.87. The molecule has 1 amide bonds. The summed E-state index contributed by atoms with van der Waals surface area (Å²) >= 11 is 0. The monoisotopic (exact) mass is 202 g/mol. The minimum absolute atomic E-state index is 0.190. The van der Waals surface area contributed by atoms with Gasteiger partial charge in [0.15, 0.2) is 0 Å². The van der Waals surface area contributed by atoms with E-state index in [1.54, 1.807) is 19.1 Å². The van der Waals surface area contributed by atoms with E-state index in [1.807, 2.05) is 13.0 Å². The lowest BCUT2D eigenvalue weighted by Gasteiger charge is -2.10. The van der Waals surface area contributed by atoms with Gasteiger partial charge >= 0.3 is 0 Å². The van der Waals surface area contributed by atoms with Gasteiger partial charge in [-0.2, -0.15) is 0 Å². The lowest BCUT2D eigenvalue weighted by Crippen LogP contribution is -2.31. The van der Waals surface area contributed by atoms with Crippen LogP contribution in [-0.4, -0.2) is 11.9 Å². The van der Waals surface area contributed by atoms with Crippen LogP contribution in [0.1, 0.15) is 22.8 Å². The molecule has 0 aliphatic carbocycles. The number of terminal acetylenes is 1. The van der Waals surface area contributed by atoms with Crippen molar-refractivity contribution in [2.45, 2.75) is 19.9 Å². The smallest absolute Gasteiger partial charge is 0.252 e. The van der Waals surface area contributed by atoms with Gasteiger partial charge in [-0.1, -0.05) is 12.0 Å². The van der Waals surface area contributed by atoms with Crippen molar-refractivity contribution >= 4 is 11.6 Å². The molecule has 1 atom stereocenters. The summed E-state index contributed by atoms with van der Waals surface area (Å²) in [7, 11) is 0. The van der Waals surface area contributed by atoms with E-state index in [1.165, 1.54) is 0 Å². The lowest BCUT2D eigenvalue weighted by molar-refractivity contribution is 0.0947. The normalized spacial score (nSPS) is 11.5. The number of anilines is 1. The van der Waals surface area contributed by atoms with Gasteiger partial charge in [-0.05, 0) is 31.5 Å². The summed E-state index contributed by atoms with van der Waals surface area (Å²) in [6.07, 6.45) is 5.18. The van der Waals surface area contributed by atoms with E-state index in [0.717, 1.165) is 5.56 Å². The number of carbonyl (C=O) groups is 1. The Kier molecular flexibility index (Phi) is 3.35. The van der Waals surface area contributed by atoms with Gasteiger partial charge in [-0.25, -0.2) is 0 Å². The molecule has 3 N–H and O–H groups in total. The number of aryl methyl sites for hydroxylation is 1. The van der Waals surface area contributed by atoms with Crippen LogP contribution in [0.25, 0.3) is 0 Å². The molecule has 0 saturated heterocycles. The highest BCUT2D eigenvalue weighted by atomic mass is 16.1. The number of benzene rings is 1. The standard InChI is InChI=1S/C12H14N2O/c1-4-9(3)14-12(15)11-7-10(13)6-5-8(11)2/h1,5-7,9H,13H2,2-3H3,(H,14,15). The van der Waals surface area contributed by atoms with Gasteiger partial charge in [0, 0.05) is 11.3 Å². The molecule has 3 heteroatoms. The molecule has 0 aliphatic rings. The van der Waals surface area contributed by atoms with Crippen molar-refractivity contribution < 1.29 is 4.79 Å². The van der Waals surface area contributed by atoms with Gasteiger partial charge in [0.2, 0.25) is 0 Å². The van der Waals surface area contributed by atoms with Crippen molar-refractivity contribution in [1.82, 2.24) is 5.32 Å². The largest absolute Gasteiger partial charge is 0.399 e.